The third kappa shape index (κ3) is 2.53. The highest BCUT2D eigenvalue weighted by Gasteiger charge is 2.42. The van der Waals surface area contributed by atoms with Crippen LogP contribution in [-0.4, -0.2) is 47.8 Å². The molecule has 0 spiro atoms. The standard InChI is InChI=1S/C10H14N4O3/c1-10(2)9(17)13-5-6-14(10)8(16)7(15)12-4-3-11/h4-6H2,1-2H3,(H,12,15)(H,13,17). The summed E-state index contributed by atoms with van der Waals surface area (Å²) in [5, 5.41) is 13.1. The molecule has 7 heteroatoms. The van der Waals surface area contributed by atoms with Gasteiger partial charge in [-0.3, -0.25) is 14.4 Å². The number of nitrogens with one attached hydrogen (secondary N) is 2. The highest BCUT2D eigenvalue weighted by Crippen LogP contribution is 2.17. The quantitative estimate of drug-likeness (QED) is 0.422. The van der Waals surface area contributed by atoms with Crippen molar-refractivity contribution in [1.29, 1.82) is 5.26 Å². The molecule has 1 aliphatic heterocycles. The van der Waals surface area contributed by atoms with Crippen molar-refractivity contribution in [3.63, 3.8) is 0 Å². The number of hydrogen-bond donors (Lipinski definition) is 2. The molecule has 0 atom stereocenters. The van der Waals surface area contributed by atoms with Gasteiger partial charge < -0.3 is 15.5 Å². The molecule has 0 saturated carbocycles. The molecule has 0 aromatic rings. The fourth-order valence-electron chi connectivity index (χ4n) is 1.57. The van der Waals surface area contributed by atoms with E-state index >= 15 is 0 Å². The summed E-state index contributed by atoms with van der Waals surface area (Å²) in [5.41, 5.74) is -1.06. The summed E-state index contributed by atoms with van der Waals surface area (Å²) in [7, 11) is 0. The van der Waals surface area contributed by atoms with Crippen LogP contribution in [0.2, 0.25) is 0 Å². The molecule has 1 fully saturated rings. The highest BCUT2D eigenvalue weighted by molar-refractivity contribution is 6.35. The Morgan fingerprint density at radius 2 is 2.24 bits per heavy atom. The Kier molecular flexibility index (Phi) is 3.68. The van der Waals surface area contributed by atoms with Crippen molar-refractivity contribution >= 4 is 17.7 Å². The predicted octanol–water partition coefficient (Wildman–Crippen LogP) is -1.64. The second-order valence-electron chi connectivity index (χ2n) is 4.11. The zero-order chi connectivity index (χ0) is 13.1. The van der Waals surface area contributed by atoms with E-state index in [1.807, 2.05) is 0 Å². The van der Waals surface area contributed by atoms with Gasteiger partial charge in [-0.2, -0.15) is 5.26 Å². The molecule has 1 aliphatic rings. The monoisotopic (exact) mass is 238 g/mol. The van der Waals surface area contributed by atoms with E-state index in [1.54, 1.807) is 19.9 Å². The van der Waals surface area contributed by atoms with Gasteiger partial charge in [-0.15, -0.1) is 0 Å². The van der Waals surface area contributed by atoms with Crippen LogP contribution in [0.25, 0.3) is 0 Å². The summed E-state index contributed by atoms with van der Waals surface area (Å²) in [6.07, 6.45) is 0. The number of nitrogens with zero attached hydrogens (tertiary/aromatic N) is 2. The number of rotatable bonds is 1. The van der Waals surface area contributed by atoms with Crippen molar-refractivity contribution in [2.45, 2.75) is 19.4 Å². The first-order valence-corrected chi connectivity index (χ1v) is 5.16. The number of hydrogen-bond acceptors (Lipinski definition) is 4. The van der Waals surface area contributed by atoms with Gasteiger partial charge in [-0.05, 0) is 13.8 Å². The van der Waals surface area contributed by atoms with Gasteiger partial charge >= 0.3 is 11.8 Å². The Balaban J connectivity index is 2.78. The zero-order valence-corrected chi connectivity index (χ0v) is 9.74. The van der Waals surface area contributed by atoms with Crippen molar-refractivity contribution in [2.24, 2.45) is 0 Å². The first-order chi connectivity index (χ1) is 7.91. The van der Waals surface area contributed by atoms with Gasteiger partial charge in [0.1, 0.15) is 12.1 Å². The van der Waals surface area contributed by atoms with Crippen LogP contribution in [0.3, 0.4) is 0 Å². The van der Waals surface area contributed by atoms with Crippen LogP contribution in [0.4, 0.5) is 0 Å². The maximum atomic E-state index is 11.8. The first-order valence-electron chi connectivity index (χ1n) is 5.16. The third-order valence-electron chi connectivity index (χ3n) is 2.62. The minimum absolute atomic E-state index is 0.231. The molecule has 0 bridgehead atoms. The molecule has 92 valence electrons. The van der Waals surface area contributed by atoms with E-state index in [0.717, 1.165) is 0 Å². The molecule has 0 aromatic heterocycles. The van der Waals surface area contributed by atoms with Crippen molar-refractivity contribution in [2.75, 3.05) is 19.6 Å². The van der Waals surface area contributed by atoms with E-state index in [0.29, 0.717) is 6.54 Å². The fourth-order valence-corrected chi connectivity index (χ4v) is 1.57. The summed E-state index contributed by atoms with van der Waals surface area (Å²) in [6.45, 7) is 3.50. The van der Waals surface area contributed by atoms with Crippen LogP contribution in [0.15, 0.2) is 0 Å². The number of carbonyl (C=O) groups excluding carboxylic acids is 3. The molecular weight excluding hydrogens is 224 g/mol. The van der Waals surface area contributed by atoms with E-state index < -0.39 is 17.4 Å². The average Bonchev–Trinajstić information content (AvgIpc) is 2.28. The minimum Gasteiger partial charge on any atom is -0.352 e. The molecule has 0 aliphatic carbocycles. The molecule has 1 rings (SSSR count). The Bertz CT molecular complexity index is 397. The predicted molar refractivity (Wildman–Crippen MR) is 57.4 cm³/mol. The summed E-state index contributed by atoms with van der Waals surface area (Å²) in [4.78, 5) is 36.0. The van der Waals surface area contributed by atoms with Crippen LogP contribution in [-0.2, 0) is 14.4 Å². The maximum absolute atomic E-state index is 11.8. The van der Waals surface area contributed by atoms with Crippen LogP contribution >= 0.6 is 0 Å². The number of piperazine rings is 1. The highest BCUT2D eigenvalue weighted by atomic mass is 16.2. The number of nitriles is 1. The molecule has 0 radical (unpaired) electrons. The maximum Gasteiger partial charge on any atom is 0.312 e. The number of carbonyl (C=O) groups is 3. The molecular formula is C10H14N4O3. The molecule has 0 aromatic carbocycles. The van der Waals surface area contributed by atoms with Crippen LogP contribution in [0, 0.1) is 11.3 Å². The second kappa shape index (κ2) is 4.82. The average molecular weight is 238 g/mol. The molecule has 0 unspecified atom stereocenters. The lowest BCUT2D eigenvalue weighted by atomic mass is 9.99. The Labute approximate surface area is 98.8 Å². The SMILES string of the molecule is CC1(C)C(=O)NCCN1C(=O)C(=O)NCC#N. The Morgan fingerprint density at radius 1 is 1.59 bits per heavy atom. The van der Waals surface area contributed by atoms with Gasteiger partial charge in [0.05, 0.1) is 6.07 Å². The van der Waals surface area contributed by atoms with Crippen LogP contribution in [0.1, 0.15) is 13.8 Å². The lowest BCUT2D eigenvalue weighted by Crippen LogP contribution is -2.65. The van der Waals surface area contributed by atoms with Crippen molar-refractivity contribution < 1.29 is 14.4 Å². The van der Waals surface area contributed by atoms with Gasteiger partial charge in [0.25, 0.3) is 0 Å². The summed E-state index contributed by atoms with van der Waals surface area (Å²) < 4.78 is 0. The van der Waals surface area contributed by atoms with Gasteiger partial charge in [0.15, 0.2) is 0 Å². The third-order valence-corrected chi connectivity index (χ3v) is 2.62. The smallest absolute Gasteiger partial charge is 0.312 e. The largest absolute Gasteiger partial charge is 0.352 e. The van der Waals surface area contributed by atoms with Crippen molar-refractivity contribution in [1.82, 2.24) is 15.5 Å². The molecule has 1 saturated heterocycles. The molecule has 2 N–H and O–H groups in total. The fraction of sp³-hybridized carbons (Fsp3) is 0.600. The Hall–Kier alpha value is -2.10. The normalized spacial score (nSPS) is 17.9. The van der Waals surface area contributed by atoms with E-state index in [-0.39, 0.29) is 19.0 Å². The van der Waals surface area contributed by atoms with Crippen LogP contribution < -0.4 is 10.6 Å². The van der Waals surface area contributed by atoms with Crippen LogP contribution in [0.5, 0.6) is 0 Å². The van der Waals surface area contributed by atoms with Gasteiger partial charge in [0.2, 0.25) is 5.91 Å². The first kappa shape index (κ1) is 13.0. The minimum atomic E-state index is -1.06. The van der Waals surface area contributed by atoms with E-state index in [1.165, 1.54) is 4.90 Å². The molecule has 7 nitrogen and oxygen atoms in total. The van der Waals surface area contributed by atoms with E-state index in [4.69, 9.17) is 5.26 Å². The van der Waals surface area contributed by atoms with Gasteiger partial charge in [-0.1, -0.05) is 0 Å². The molecule has 1 heterocycles. The lowest BCUT2D eigenvalue weighted by molar-refractivity contribution is -0.155. The molecule has 3 amide bonds. The second-order valence-corrected chi connectivity index (χ2v) is 4.11. The topological polar surface area (TPSA) is 102 Å². The lowest BCUT2D eigenvalue weighted by Gasteiger charge is -2.40. The summed E-state index contributed by atoms with van der Waals surface area (Å²) >= 11 is 0. The molecule has 17 heavy (non-hydrogen) atoms. The Morgan fingerprint density at radius 3 is 2.82 bits per heavy atom. The van der Waals surface area contributed by atoms with E-state index in [9.17, 15) is 14.4 Å². The van der Waals surface area contributed by atoms with Gasteiger partial charge in [-0.25, -0.2) is 0 Å². The van der Waals surface area contributed by atoms with Crippen molar-refractivity contribution in [3.8, 4) is 6.07 Å². The number of amides is 3. The zero-order valence-electron chi connectivity index (χ0n) is 9.74. The van der Waals surface area contributed by atoms with Crippen molar-refractivity contribution in [3.05, 3.63) is 0 Å². The van der Waals surface area contributed by atoms with E-state index in [2.05, 4.69) is 10.6 Å². The summed E-state index contributed by atoms with van der Waals surface area (Å²) in [6, 6.07) is 1.70. The van der Waals surface area contributed by atoms with Gasteiger partial charge in [0, 0.05) is 13.1 Å². The summed E-state index contributed by atoms with van der Waals surface area (Å²) in [5.74, 6) is -1.96.